The molecule has 2 aromatic carbocycles. The van der Waals surface area contributed by atoms with Crippen LogP contribution in [0.25, 0.3) is 11.1 Å². The van der Waals surface area contributed by atoms with E-state index in [2.05, 4.69) is 44.1 Å². The van der Waals surface area contributed by atoms with Gasteiger partial charge in [-0.2, -0.15) is 18.3 Å². The van der Waals surface area contributed by atoms with Crippen LogP contribution < -0.4 is 9.80 Å². The fraction of sp³-hybridized carbons (Fsp3) is 0.485. The van der Waals surface area contributed by atoms with Crippen molar-refractivity contribution >= 4 is 35.4 Å². The fourth-order valence-electron chi connectivity index (χ4n) is 7.13. The molecule has 0 radical (unpaired) electrons. The number of rotatable bonds is 5. The molecular weight excluding hydrogens is 607 g/mol. The molecule has 2 aliphatic heterocycles. The number of hydrogen-bond donors (Lipinski definition) is 1. The van der Waals surface area contributed by atoms with Gasteiger partial charge in [-0.05, 0) is 79.8 Å². The maximum absolute atomic E-state index is 13.8. The van der Waals surface area contributed by atoms with Crippen LogP contribution >= 0.6 is 11.6 Å². The zero-order chi connectivity index (χ0) is 31.9. The average Bonchev–Trinajstić information content (AvgIpc) is 3.93. The van der Waals surface area contributed by atoms with Gasteiger partial charge in [0.25, 0.3) is 6.47 Å². The molecule has 3 heterocycles. The van der Waals surface area contributed by atoms with E-state index in [-0.39, 0.29) is 18.0 Å². The average molecular weight is 644 g/mol. The van der Waals surface area contributed by atoms with E-state index in [1.165, 1.54) is 30.6 Å². The number of anilines is 2. The van der Waals surface area contributed by atoms with Crippen molar-refractivity contribution in [3.05, 3.63) is 64.9 Å². The normalized spacial score (nSPS) is 22.1. The van der Waals surface area contributed by atoms with Crippen molar-refractivity contribution in [1.82, 2.24) is 14.7 Å². The number of carbonyl (C=O) groups excluding carboxylic acids is 1. The standard InChI is InChI=1S/C32H35ClF3N5O.CH2O2/c1-21-19-37-41(29(21)32(34,35)36)25-3-2-12-40(20-25)28-17-23(33)6-9-26(28)22-4-7-24(8-5-22)38-13-15-39(16-14-38)30(42)27-18-31(27)10-11-31;2-1-3/h4-9,17,19,25,27H,2-3,10-16,18,20H2,1H3;1H,(H,2,3). The predicted molar refractivity (Wildman–Crippen MR) is 167 cm³/mol. The van der Waals surface area contributed by atoms with Crippen molar-refractivity contribution in [1.29, 1.82) is 0 Å². The van der Waals surface area contributed by atoms with Gasteiger partial charge in [0.2, 0.25) is 5.91 Å². The van der Waals surface area contributed by atoms with E-state index >= 15 is 0 Å². The highest BCUT2D eigenvalue weighted by Gasteiger charge is 2.66. The van der Waals surface area contributed by atoms with Crippen LogP contribution in [0.1, 0.15) is 49.4 Å². The van der Waals surface area contributed by atoms with Gasteiger partial charge in [-0.3, -0.25) is 14.3 Å². The van der Waals surface area contributed by atoms with Crippen molar-refractivity contribution in [2.75, 3.05) is 49.1 Å². The summed E-state index contributed by atoms with van der Waals surface area (Å²) >= 11 is 6.44. The molecule has 0 bridgehead atoms. The number of piperidine rings is 1. The summed E-state index contributed by atoms with van der Waals surface area (Å²) in [7, 11) is 0. The van der Waals surface area contributed by atoms with Crippen LogP contribution in [0.4, 0.5) is 24.5 Å². The maximum Gasteiger partial charge on any atom is 0.433 e. The van der Waals surface area contributed by atoms with Gasteiger partial charge in [0.1, 0.15) is 5.69 Å². The monoisotopic (exact) mass is 643 g/mol. The van der Waals surface area contributed by atoms with Crippen LogP contribution in [-0.2, 0) is 15.8 Å². The number of nitrogens with zero attached hydrogens (tertiary/aromatic N) is 5. The van der Waals surface area contributed by atoms with Crippen LogP contribution in [0.15, 0.2) is 48.7 Å². The minimum atomic E-state index is -4.45. The fourth-order valence-corrected chi connectivity index (χ4v) is 7.30. The number of hydrogen-bond acceptors (Lipinski definition) is 5. The molecule has 3 aromatic rings. The lowest BCUT2D eigenvalue weighted by Crippen LogP contribution is -2.49. The molecule has 2 unspecified atom stereocenters. The highest BCUT2D eigenvalue weighted by Crippen LogP contribution is 2.71. The molecule has 2 aliphatic carbocycles. The highest BCUT2D eigenvalue weighted by molar-refractivity contribution is 6.31. The Morgan fingerprint density at radius 1 is 1.04 bits per heavy atom. The van der Waals surface area contributed by atoms with Gasteiger partial charge in [0, 0.05) is 67.1 Å². The second-order valence-corrected chi connectivity index (χ2v) is 13.0. The van der Waals surface area contributed by atoms with Crippen molar-refractivity contribution in [2.24, 2.45) is 11.3 Å². The molecular formula is C33H37ClF3N5O3. The second kappa shape index (κ2) is 12.2. The Bertz CT molecular complexity index is 1550. The topological polar surface area (TPSA) is 81.9 Å². The zero-order valence-corrected chi connectivity index (χ0v) is 25.9. The second-order valence-electron chi connectivity index (χ2n) is 12.6. The number of aromatic nitrogens is 2. The minimum Gasteiger partial charge on any atom is -0.483 e. The predicted octanol–water partition coefficient (Wildman–Crippen LogP) is 6.52. The number of alkyl halides is 3. The summed E-state index contributed by atoms with van der Waals surface area (Å²) in [4.78, 5) is 27.7. The number of carboxylic acid groups (broad SMARTS) is 1. The van der Waals surface area contributed by atoms with Gasteiger partial charge >= 0.3 is 6.18 Å². The highest BCUT2D eigenvalue weighted by atomic mass is 35.5. The van der Waals surface area contributed by atoms with Crippen molar-refractivity contribution in [3.63, 3.8) is 0 Å². The molecule has 7 rings (SSSR count). The van der Waals surface area contributed by atoms with Gasteiger partial charge in [-0.1, -0.05) is 29.8 Å². The molecule has 1 N–H and O–H groups in total. The Morgan fingerprint density at radius 2 is 1.73 bits per heavy atom. The van der Waals surface area contributed by atoms with E-state index in [0.29, 0.717) is 29.3 Å². The molecule has 45 heavy (non-hydrogen) atoms. The molecule has 1 aromatic heterocycles. The van der Waals surface area contributed by atoms with Crippen molar-refractivity contribution < 1.29 is 27.9 Å². The van der Waals surface area contributed by atoms with Crippen molar-refractivity contribution in [3.8, 4) is 11.1 Å². The SMILES string of the molecule is Cc1cnn(C2CCCN(c3cc(Cl)ccc3-c3ccc(N4CCN(C(=O)C5CC56CC6)CC4)cc3)C2)c1C(F)(F)F.O=CO. The third-order valence-corrected chi connectivity index (χ3v) is 10.0. The molecule has 2 saturated carbocycles. The third kappa shape index (κ3) is 6.36. The first-order valence-electron chi connectivity index (χ1n) is 15.4. The van der Waals surface area contributed by atoms with Crippen LogP contribution in [0, 0.1) is 18.3 Å². The number of piperazine rings is 1. The van der Waals surface area contributed by atoms with Gasteiger partial charge in [0.15, 0.2) is 0 Å². The number of amides is 1. The zero-order valence-electron chi connectivity index (χ0n) is 25.1. The molecule has 12 heteroatoms. The van der Waals surface area contributed by atoms with Gasteiger partial charge in [-0.15, -0.1) is 0 Å². The summed E-state index contributed by atoms with van der Waals surface area (Å²) in [5.41, 5.74) is 3.93. The number of aryl methyl sites for hydroxylation is 1. The first kappa shape index (κ1) is 31.3. The summed E-state index contributed by atoms with van der Waals surface area (Å²) in [5, 5.41) is 11.6. The quantitative estimate of drug-likeness (QED) is 0.319. The van der Waals surface area contributed by atoms with E-state index in [0.717, 1.165) is 68.1 Å². The Hall–Kier alpha value is -3.73. The number of benzene rings is 2. The van der Waals surface area contributed by atoms with E-state index < -0.39 is 17.9 Å². The summed E-state index contributed by atoms with van der Waals surface area (Å²) in [5.74, 6) is 0.637. The Kier molecular flexibility index (Phi) is 8.49. The van der Waals surface area contributed by atoms with E-state index in [9.17, 15) is 18.0 Å². The van der Waals surface area contributed by atoms with Crippen LogP contribution in [0.3, 0.4) is 0 Å². The van der Waals surface area contributed by atoms with Crippen molar-refractivity contribution in [2.45, 2.75) is 51.2 Å². The van der Waals surface area contributed by atoms with Gasteiger partial charge < -0.3 is 19.8 Å². The first-order valence-corrected chi connectivity index (χ1v) is 15.8. The largest absolute Gasteiger partial charge is 0.483 e. The molecule has 2 saturated heterocycles. The smallest absolute Gasteiger partial charge is 0.433 e. The molecule has 1 amide bonds. The summed E-state index contributed by atoms with van der Waals surface area (Å²) in [6.07, 6.45) is 1.79. The van der Waals surface area contributed by atoms with E-state index in [1.807, 2.05) is 18.2 Å². The molecule has 8 nitrogen and oxygen atoms in total. The Balaban J connectivity index is 0.00000115. The molecule has 2 atom stereocenters. The molecule has 4 fully saturated rings. The number of halogens is 4. The van der Waals surface area contributed by atoms with Crippen LogP contribution in [-0.4, -0.2) is 71.4 Å². The van der Waals surface area contributed by atoms with Gasteiger partial charge in [0.05, 0.1) is 12.2 Å². The van der Waals surface area contributed by atoms with E-state index in [4.69, 9.17) is 21.5 Å². The summed E-state index contributed by atoms with van der Waals surface area (Å²) in [6, 6.07) is 13.8. The maximum atomic E-state index is 13.8. The molecule has 240 valence electrons. The van der Waals surface area contributed by atoms with Crippen LogP contribution in [0.5, 0.6) is 0 Å². The van der Waals surface area contributed by atoms with Crippen LogP contribution in [0.2, 0.25) is 5.02 Å². The lowest BCUT2D eigenvalue weighted by molar-refractivity contribution is -0.145. The Morgan fingerprint density at radius 3 is 2.36 bits per heavy atom. The van der Waals surface area contributed by atoms with Gasteiger partial charge in [-0.25, -0.2) is 0 Å². The lowest BCUT2D eigenvalue weighted by atomic mass is 9.99. The molecule has 1 spiro atoms. The Labute approximate surface area is 265 Å². The lowest BCUT2D eigenvalue weighted by Gasteiger charge is -2.37. The summed E-state index contributed by atoms with van der Waals surface area (Å²) < 4.78 is 42.7. The minimum absolute atomic E-state index is 0.144. The third-order valence-electron chi connectivity index (χ3n) is 9.80. The number of carbonyl (C=O) groups is 2. The summed E-state index contributed by atoms with van der Waals surface area (Å²) in [6.45, 7) is 5.52. The first-order chi connectivity index (χ1) is 21.5. The molecule has 4 aliphatic rings. The van der Waals surface area contributed by atoms with E-state index in [1.54, 1.807) is 0 Å².